The molecule has 0 amide bonds. The van der Waals surface area contributed by atoms with Crippen LogP contribution in [-0.4, -0.2) is 76.7 Å². The van der Waals surface area contributed by atoms with Gasteiger partial charge in [0, 0.05) is 13.7 Å². The van der Waals surface area contributed by atoms with Gasteiger partial charge in [0.1, 0.15) is 19.3 Å². The van der Waals surface area contributed by atoms with E-state index in [1.54, 1.807) is 7.11 Å². The van der Waals surface area contributed by atoms with Crippen LogP contribution in [0.25, 0.3) is 0 Å². The molecule has 0 heterocycles. The number of nitrogens with zero attached hydrogens (tertiary/aromatic N) is 1. The number of phosphoric acid groups is 1. The van der Waals surface area contributed by atoms with Gasteiger partial charge in [-0.25, -0.2) is 4.57 Å². The SMILES string of the molecule is CCCCCC=CCCCCC=CCCCCCCCCOC[C@H](COP(=O)(O)OCC[N+](C)(C)C)OC. The first-order valence-electron chi connectivity index (χ1n) is 15.0. The van der Waals surface area contributed by atoms with Crippen molar-refractivity contribution in [2.24, 2.45) is 0 Å². The number of unbranched alkanes of at least 4 members (excludes halogenated alkanes) is 12. The van der Waals surface area contributed by atoms with Gasteiger partial charge in [-0.3, -0.25) is 9.05 Å². The summed E-state index contributed by atoms with van der Waals surface area (Å²) in [6.07, 6.45) is 27.7. The number of methoxy groups -OCH3 is 1. The largest absolute Gasteiger partial charge is 0.472 e. The molecule has 7 nitrogen and oxygen atoms in total. The molecule has 1 unspecified atom stereocenters. The van der Waals surface area contributed by atoms with Gasteiger partial charge in [0.25, 0.3) is 0 Å². The highest BCUT2D eigenvalue weighted by molar-refractivity contribution is 7.47. The molecule has 0 radical (unpaired) electrons. The molecule has 0 saturated carbocycles. The standard InChI is InChI=1S/C30H60NO6P/c1-6-7-8-9-10-11-12-13-14-15-16-17-18-19-20-21-22-23-24-26-35-28-30(34-5)29-37-38(32,33)36-27-25-31(2,3)4/h10-11,16-17,30H,6-9,12-15,18-29H2,1-5H3/p+1/t30-/m1/s1. The number of allylic oxidation sites excluding steroid dienone is 4. The predicted octanol–water partition coefficient (Wildman–Crippen LogP) is 7.84. The topological polar surface area (TPSA) is 74.2 Å². The summed E-state index contributed by atoms with van der Waals surface area (Å²) in [5.41, 5.74) is 0. The molecule has 0 aromatic carbocycles. The van der Waals surface area contributed by atoms with Crippen LogP contribution >= 0.6 is 7.82 Å². The molecule has 0 aliphatic heterocycles. The second-order valence-corrected chi connectivity index (χ2v) is 12.6. The van der Waals surface area contributed by atoms with E-state index in [0.29, 0.717) is 24.2 Å². The predicted molar refractivity (Wildman–Crippen MR) is 159 cm³/mol. The molecule has 0 bridgehead atoms. The summed E-state index contributed by atoms with van der Waals surface area (Å²) in [7, 11) is 3.43. The lowest BCUT2D eigenvalue weighted by Gasteiger charge is -2.24. The van der Waals surface area contributed by atoms with Crippen LogP contribution in [0.2, 0.25) is 0 Å². The highest BCUT2D eigenvalue weighted by Crippen LogP contribution is 2.43. The number of quaternary nitrogens is 1. The smallest absolute Gasteiger partial charge is 0.379 e. The quantitative estimate of drug-likeness (QED) is 0.0453. The van der Waals surface area contributed by atoms with Gasteiger partial charge in [0.15, 0.2) is 0 Å². The molecule has 0 saturated heterocycles. The minimum absolute atomic E-state index is 0.0420. The van der Waals surface area contributed by atoms with Gasteiger partial charge < -0.3 is 18.9 Å². The van der Waals surface area contributed by atoms with Crippen molar-refractivity contribution in [3.05, 3.63) is 24.3 Å². The van der Waals surface area contributed by atoms with Crippen molar-refractivity contribution in [3.8, 4) is 0 Å². The van der Waals surface area contributed by atoms with Crippen LogP contribution < -0.4 is 0 Å². The van der Waals surface area contributed by atoms with Crippen LogP contribution in [0, 0.1) is 0 Å². The first kappa shape index (κ1) is 37.5. The maximum Gasteiger partial charge on any atom is 0.472 e. The molecule has 0 fully saturated rings. The van der Waals surface area contributed by atoms with Crippen molar-refractivity contribution in [2.45, 2.75) is 109 Å². The van der Waals surface area contributed by atoms with Crippen molar-refractivity contribution in [1.29, 1.82) is 0 Å². The number of hydrogen-bond donors (Lipinski definition) is 1. The second-order valence-electron chi connectivity index (χ2n) is 11.2. The lowest BCUT2D eigenvalue weighted by Crippen LogP contribution is -2.37. The van der Waals surface area contributed by atoms with Crippen LogP contribution in [0.5, 0.6) is 0 Å². The molecule has 2 atom stereocenters. The highest BCUT2D eigenvalue weighted by Gasteiger charge is 2.24. The molecule has 38 heavy (non-hydrogen) atoms. The monoisotopic (exact) mass is 562 g/mol. The van der Waals surface area contributed by atoms with E-state index in [2.05, 4.69) is 31.2 Å². The Labute approximate surface area is 235 Å². The van der Waals surface area contributed by atoms with Gasteiger partial charge in [0.2, 0.25) is 0 Å². The van der Waals surface area contributed by atoms with Gasteiger partial charge in [-0.15, -0.1) is 0 Å². The first-order valence-corrected chi connectivity index (χ1v) is 16.5. The van der Waals surface area contributed by atoms with Crippen molar-refractivity contribution in [3.63, 3.8) is 0 Å². The Balaban J connectivity index is 3.53. The number of rotatable bonds is 28. The van der Waals surface area contributed by atoms with Crippen LogP contribution in [0.15, 0.2) is 24.3 Å². The summed E-state index contributed by atoms with van der Waals surface area (Å²) >= 11 is 0. The minimum atomic E-state index is -4.08. The Morgan fingerprint density at radius 2 is 1.21 bits per heavy atom. The Morgan fingerprint density at radius 1 is 0.711 bits per heavy atom. The average Bonchev–Trinajstić information content (AvgIpc) is 2.85. The van der Waals surface area contributed by atoms with E-state index in [-0.39, 0.29) is 13.2 Å². The molecular formula is C30H61NO6P+. The Bertz CT molecular complexity index is 620. The zero-order valence-corrected chi connectivity index (χ0v) is 26.3. The molecule has 0 aromatic heterocycles. The zero-order chi connectivity index (χ0) is 28.4. The molecule has 0 aromatic rings. The molecule has 1 N–H and O–H groups in total. The van der Waals surface area contributed by atoms with Crippen molar-refractivity contribution >= 4 is 7.82 Å². The third-order valence-electron chi connectivity index (χ3n) is 6.29. The third-order valence-corrected chi connectivity index (χ3v) is 7.27. The minimum Gasteiger partial charge on any atom is -0.379 e. The van der Waals surface area contributed by atoms with E-state index in [1.807, 2.05) is 21.1 Å². The van der Waals surface area contributed by atoms with Crippen molar-refractivity contribution in [2.75, 3.05) is 61.2 Å². The Morgan fingerprint density at radius 3 is 1.74 bits per heavy atom. The van der Waals surface area contributed by atoms with E-state index < -0.39 is 13.9 Å². The third kappa shape index (κ3) is 28.5. The summed E-state index contributed by atoms with van der Waals surface area (Å²) in [5, 5.41) is 0. The normalized spacial score (nSPS) is 15.0. The molecule has 8 heteroatoms. The average molecular weight is 563 g/mol. The van der Waals surface area contributed by atoms with E-state index in [1.165, 1.54) is 83.5 Å². The second kappa shape index (κ2) is 25.4. The number of hydrogen-bond acceptors (Lipinski definition) is 5. The molecule has 226 valence electrons. The fraction of sp³-hybridized carbons (Fsp3) is 0.867. The summed E-state index contributed by atoms with van der Waals surface area (Å²) < 4.78 is 33.7. The molecular weight excluding hydrogens is 501 g/mol. The lowest BCUT2D eigenvalue weighted by molar-refractivity contribution is -0.870. The maximum absolute atomic E-state index is 12.0. The summed E-state index contributed by atoms with van der Waals surface area (Å²) in [6.45, 7) is 3.97. The molecule has 0 aliphatic carbocycles. The lowest BCUT2D eigenvalue weighted by atomic mass is 10.1. The number of likely N-dealkylation sites (N-methyl/N-ethyl adjacent to an activating group) is 1. The van der Waals surface area contributed by atoms with Gasteiger partial charge >= 0.3 is 7.82 Å². The fourth-order valence-corrected chi connectivity index (χ4v) is 4.47. The first-order chi connectivity index (χ1) is 18.2. The summed E-state index contributed by atoms with van der Waals surface area (Å²) in [6, 6.07) is 0. The Hall–Kier alpha value is -0.530. The fourth-order valence-electron chi connectivity index (χ4n) is 3.73. The van der Waals surface area contributed by atoms with Gasteiger partial charge in [-0.05, 0) is 57.8 Å². The highest BCUT2D eigenvalue weighted by atomic mass is 31.2. The van der Waals surface area contributed by atoms with Crippen LogP contribution in [-0.2, 0) is 23.1 Å². The summed E-state index contributed by atoms with van der Waals surface area (Å²) in [5.74, 6) is 0. The van der Waals surface area contributed by atoms with Crippen molar-refractivity contribution in [1.82, 2.24) is 0 Å². The van der Waals surface area contributed by atoms with Crippen LogP contribution in [0.1, 0.15) is 103 Å². The van der Waals surface area contributed by atoms with Gasteiger partial charge in [-0.1, -0.05) is 69.8 Å². The van der Waals surface area contributed by atoms with E-state index >= 15 is 0 Å². The van der Waals surface area contributed by atoms with E-state index in [0.717, 1.165) is 12.8 Å². The molecule has 0 aliphatic rings. The number of ether oxygens (including phenoxy) is 2. The Kier molecular flexibility index (Phi) is 25.1. The van der Waals surface area contributed by atoms with Gasteiger partial charge in [-0.2, -0.15) is 0 Å². The van der Waals surface area contributed by atoms with Crippen LogP contribution in [0.4, 0.5) is 0 Å². The zero-order valence-electron chi connectivity index (χ0n) is 25.4. The molecule has 0 spiro atoms. The maximum atomic E-state index is 12.0. The van der Waals surface area contributed by atoms with Crippen molar-refractivity contribution < 1.29 is 32.5 Å². The van der Waals surface area contributed by atoms with E-state index in [9.17, 15) is 9.46 Å². The van der Waals surface area contributed by atoms with E-state index in [4.69, 9.17) is 18.5 Å². The number of phosphoric ester groups is 1. The van der Waals surface area contributed by atoms with Crippen LogP contribution in [0.3, 0.4) is 0 Å². The molecule has 0 rings (SSSR count). The van der Waals surface area contributed by atoms with Gasteiger partial charge in [0.05, 0.1) is 34.4 Å². The summed E-state index contributed by atoms with van der Waals surface area (Å²) in [4.78, 5) is 9.80.